The van der Waals surface area contributed by atoms with Gasteiger partial charge in [-0.05, 0) is 40.5 Å². The number of hydrogen-bond acceptors (Lipinski definition) is 2. The molecule has 0 aliphatic carbocycles. The Balaban J connectivity index is 3.28. The van der Waals surface area contributed by atoms with Gasteiger partial charge in [-0.15, -0.1) is 0 Å². The van der Waals surface area contributed by atoms with Crippen molar-refractivity contribution in [3.63, 3.8) is 0 Å². The van der Waals surface area contributed by atoms with E-state index in [0.717, 1.165) is 14.5 Å². The molecule has 0 fully saturated rings. The number of rotatable bonds is 1. The predicted molar refractivity (Wildman–Crippen MR) is 57.9 cm³/mol. The summed E-state index contributed by atoms with van der Waals surface area (Å²) in [4.78, 5) is 11.3. The first-order valence-electron chi connectivity index (χ1n) is 3.60. The highest BCUT2D eigenvalue weighted by atomic mass is 79.9. The van der Waals surface area contributed by atoms with Gasteiger partial charge in [0.05, 0.1) is 12.7 Å². The van der Waals surface area contributed by atoms with Crippen LogP contribution in [0.5, 0.6) is 0 Å². The van der Waals surface area contributed by atoms with Crippen LogP contribution in [-0.4, -0.2) is 13.1 Å². The molecule has 0 aromatic heterocycles. The van der Waals surface area contributed by atoms with E-state index < -0.39 is 0 Å². The molecule has 0 bridgehead atoms. The lowest BCUT2D eigenvalue weighted by Crippen LogP contribution is -2.04. The maximum Gasteiger partial charge on any atom is 0.339 e. The first-order chi connectivity index (χ1) is 6.06. The highest BCUT2D eigenvalue weighted by Crippen LogP contribution is 2.26. The third kappa shape index (κ3) is 2.31. The number of aryl methyl sites for hydroxylation is 1. The van der Waals surface area contributed by atoms with E-state index in [0.29, 0.717) is 5.56 Å². The molecular formula is C9H8Br2O2. The standard InChI is InChI=1S/C9H8Br2O2/c1-5-3-6(10)4-7(11)8(5)9(12)13-2/h3-4H,1-2H3. The van der Waals surface area contributed by atoms with Crippen molar-refractivity contribution in [2.24, 2.45) is 0 Å². The minimum atomic E-state index is -0.322. The third-order valence-electron chi connectivity index (χ3n) is 1.64. The van der Waals surface area contributed by atoms with Crippen LogP contribution in [0.3, 0.4) is 0 Å². The van der Waals surface area contributed by atoms with Crippen molar-refractivity contribution in [1.29, 1.82) is 0 Å². The summed E-state index contributed by atoms with van der Waals surface area (Å²) in [7, 11) is 1.37. The number of carbonyl (C=O) groups excluding carboxylic acids is 1. The molecule has 0 saturated heterocycles. The van der Waals surface area contributed by atoms with Crippen LogP contribution >= 0.6 is 31.9 Å². The van der Waals surface area contributed by atoms with Crippen LogP contribution < -0.4 is 0 Å². The van der Waals surface area contributed by atoms with Crippen LogP contribution in [0.2, 0.25) is 0 Å². The van der Waals surface area contributed by atoms with Crippen LogP contribution in [0.25, 0.3) is 0 Å². The summed E-state index contributed by atoms with van der Waals surface area (Å²) in [5.74, 6) is -0.322. The fourth-order valence-electron chi connectivity index (χ4n) is 1.06. The zero-order chi connectivity index (χ0) is 10.0. The average molecular weight is 308 g/mol. The molecule has 0 spiro atoms. The van der Waals surface area contributed by atoms with Crippen molar-refractivity contribution in [2.75, 3.05) is 7.11 Å². The lowest BCUT2D eigenvalue weighted by molar-refractivity contribution is 0.0599. The van der Waals surface area contributed by atoms with Crippen molar-refractivity contribution in [1.82, 2.24) is 0 Å². The minimum Gasteiger partial charge on any atom is -0.465 e. The quantitative estimate of drug-likeness (QED) is 0.744. The highest BCUT2D eigenvalue weighted by molar-refractivity contribution is 9.11. The zero-order valence-electron chi connectivity index (χ0n) is 7.23. The average Bonchev–Trinajstić information content (AvgIpc) is 2.02. The second kappa shape index (κ2) is 4.24. The van der Waals surface area contributed by atoms with E-state index in [2.05, 4.69) is 36.6 Å². The smallest absolute Gasteiger partial charge is 0.339 e. The first-order valence-corrected chi connectivity index (χ1v) is 5.19. The molecule has 70 valence electrons. The molecule has 4 heteroatoms. The highest BCUT2D eigenvalue weighted by Gasteiger charge is 2.13. The molecule has 0 aliphatic heterocycles. The van der Waals surface area contributed by atoms with Crippen LogP contribution in [0, 0.1) is 6.92 Å². The molecule has 1 aromatic carbocycles. The van der Waals surface area contributed by atoms with Crippen molar-refractivity contribution in [3.05, 3.63) is 32.2 Å². The second-order valence-corrected chi connectivity index (χ2v) is 4.34. The number of benzene rings is 1. The summed E-state index contributed by atoms with van der Waals surface area (Å²) in [6.45, 7) is 1.86. The molecule has 0 atom stereocenters. The summed E-state index contributed by atoms with van der Waals surface area (Å²) in [5.41, 5.74) is 1.46. The van der Waals surface area contributed by atoms with Gasteiger partial charge >= 0.3 is 5.97 Å². The van der Waals surface area contributed by atoms with E-state index >= 15 is 0 Å². The van der Waals surface area contributed by atoms with Gasteiger partial charge in [0.15, 0.2) is 0 Å². The Hall–Kier alpha value is -0.350. The van der Waals surface area contributed by atoms with Crippen molar-refractivity contribution >= 4 is 37.8 Å². The summed E-state index contributed by atoms with van der Waals surface area (Å²) >= 11 is 6.64. The number of esters is 1. The summed E-state index contributed by atoms with van der Waals surface area (Å²) < 4.78 is 6.33. The Morgan fingerprint density at radius 2 is 2.00 bits per heavy atom. The molecule has 0 aliphatic rings. The molecule has 1 rings (SSSR count). The number of hydrogen-bond donors (Lipinski definition) is 0. The van der Waals surface area contributed by atoms with Crippen LogP contribution in [0.15, 0.2) is 21.1 Å². The third-order valence-corrected chi connectivity index (χ3v) is 2.72. The van der Waals surface area contributed by atoms with Crippen LogP contribution in [0.4, 0.5) is 0 Å². The Kier molecular flexibility index (Phi) is 3.50. The van der Waals surface area contributed by atoms with E-state index in [9.17, 15) is 4.79 Å². The normalized spacial score (nSPS) is 9.85. The maximum absolute atomic E-state index is 11.3. The van der Waals surface area contributed by atoms with Crippen LogP contribution in [-0.2, 0) is 4.74 Å². The molecule has 13 heavy (non-hydrogen) atoms. The van der Waals surface area contributed by atoms with Gasteiger partial charge in [-0.25, -0.2) is 4.79 Å². The SMILES string of the molecule is COC(=O)c1c(C)cc(Br)cc1Br. The molecule has 0 saturated carbocycles. The van der Waals surface area contributed by atoms with Gasteiger partial charge in [0, 0.05) is 8.95 Å². The van der Waals surface area contributed by atoms with E-state index in [1.165, 1.54) is 7.11 Å². The van der Waals surface area contributed by atoms with Crippen molar-refractivity contribution in [3.8, 4) is 0 Å². The van der Waals surface area contributed by atoms with E-state index in [1.807, 2.05) is 19.1 Å². The van der Waals surface area contributed by atoms with Gasteiger partial charge in [-0.3, -0.25) is 0 Å². The Labute approximate surface area is 93.5 Å². The molecule has 2 nitrogen and oxygen atoms in total. The molecule has 0 amide bonds. The topological polar surface area (TPSA) is 26.3 Å². The lowest BCUT2D eigenvalue weighted by atomic mass is 10.1. The summed E-state index contributed by atoms with van der Waals surface area (Å²) in [6.07, 6.45) is 0. The Bertz CT molecular complexity index is 324. The van der Waals surface area contributed by atoms with Gasteiger partial charge in [-0.1, -0.05) is 15.9 Å². The molecule has 0 unspecified atom stereocenters. The summed E-state index contributed by atoms with van der Waals surface area (Å²) in [6, 6.07) is 3.69. The van der Waals surface area contributed by atoms with Gasteiger partial charge < -0.3 is 4.74 Å². The second-order valence-electron chi connectivity index (χ2n) is 2.57. The number of ether oxygens (including phenoxy) is 1. The Morgan fingerprint density at radius 3 is 2.46 bits per heavy atom. The molecule has 0 heterocycles. The van der Waals surface area contributed by atoms with Crippen LogP contribution in [0.1, 0.15) is 15.9 Å². The van der Waals surface area contributed by atoms with Gasteiger partial charge in [0.1, 0.15) is 0 Å². The van der Waals surface area contributed by atoms with E-state index in [-0.39, 0.29) is 5.97 Å². The monoisotopic (exact) mass is 306 g/mol. The molecule has 0 N–H and O–H groups in total. The first kappa shape index (κ1) is 10.7. The number of carbonyl (C=O) groups is 1. The fraction of sp³-hybridized carbons (Fsp3) is 0.222. The molecular weight excluding hydrogens is 300 g/mol. The molecule has 0 radical (unpaired) electrons. The van der Waals surface area contributed by atoms with E-state index in [4.69, 9.17) is 0 Å². The lowest BCUT2D eigenvalue weighted by Gasteiger charge is -2.06. The zero-order valence-corrected chi connectivity index (χ0v) is 10.4. The number of halogens is 2. The largest absolute Gasteiger partial charge is 0.465 e. The minimum absolute atomic E-state index is 0.322. The predicted octanol–water partition coefficient (Wildman–Crippen LogP) is 3.31. The van der Waals surface area contributed by atoms with Gasteiger partial charge in [0.25, 0.3) is 0 Å². The summed E-state index contributed by atoms with van der Waals surface area (Å²) in [5, 5.41) is 0. The van der Waals surface area contributed by atoms with E-state index in [1.54, 1.807) is 0 Å². The molecule has 1 aromatic rings. The maximum atomic E-state index is 11.3. The Morgan fingerprint density at radius 1 is 1.38 bits per heavy atom. The fourth-order valence-corrected chi connectivity index (χ4v) is 2.66. The van der Waals surface area contributed by atoms with Crippen molar-refractivity contribution < 1.29 is 9.53 Å². The number of methoxy groups -OCH3 is 1. The van der Waals surface area contributed by atoms with Gasteiger partial charge in [0.2, 0.25) is 0 Å². The van der Waals surface area contributed by atoms with Crippen molar-refractivity contribution in [2.45, 2.75) is 6.92 Å². The van der Waals surface area contributed by atoms with Gasteiger partial charge in [-0.2, -0.15) is 0 Å².